The van der Waals surface area contributed by atoms with Gasteiger partial charge in [-0.25, -0.2) is 0 Å². The molecular formula is C45H40. The minimum atomic E-state index is -0.354. The van der Waals surface area contributed by atoms with E-state index < -0.39 is 0 Å². The van der Waals surface area contributed by atoms with E-state index in [0.29, 0.717) is 0 Å². The SMILES string of the molecule is C=C\C(=C/C(/C=C\C)=C(\C)C=C)c1ccc2ccc(/C3=C/C=C\C(=C)C(C4=CC4)(c4ccccc4)c4ccccc4C3)cc2c1. The number of rotatable bonds is 8. The fourth-order valence-corrected chi connectivity index (χ4v) is 6.68. The van der Waals surface area contributed by atoms with Crippen LogP contribution in [0.5, 0.6) is 0 Å². The second kappa shape index (κ2) is 12.8. The van der Waals surface area contributed by atoms with E-state index in [1.807, 2.05) is 19.1 Å². The van der Waals surface area contributed by atoms with Crippen LogP contribution in [0.15, 0.2) is 188 Å². The Morgan fingerprint density at radius 3 is 2.33 bits per heavy atom. The van der Waals surface area contributed by atoms with Crippen molar-refractivity contribution in [3.8, 4) is 0 Å². The number of hydrogen-bond donors (Lipinski definition) is 0. The van der Waals surface area contributed by atoms with E-state index in [-0.39, 0.29) is 5.41 Å². The van der Waals surface area contributed by atoms with Crippen LogP contribution in [-0.4, -0.2) is 0 Å². The molecule has 220 valence electrons. The van der Waals surface area contributed by atoms with Gasteiger partial charge in [0.25, 0.3) is 0 Å². The Morgan fingerprint density at radius 2 is 1.60 bits per heavy atom. The lowest BCUT2D eigenvalue weighted by Gasteiger charge is -2.36. The molecule has 0 aromatic heterocycles. The van der Waals surface area contributed by atoms with Crippen LogP contribution >= 0.6 is 0 Å². The highest BCUT2D eigenvalue weighted by Gasteiger charge is 2.44. The van der Waals surface area contributed by atoms with Gasteiger partial charge in [0.2, 0.25) is 0 Å². The third-order valence-electron chi connectivity index (χ3n) is 9.16. The zero-order valence-corrected chi connectivity index (χ0v) is 26.4. The molecule has 0 fully saturated rings. The second-order valence-electron chi connectivity index (χ2n) is 11.9. The normalized spacial score (nSPS) is 20.6. The van der Waals surface area contributed by atoms with Gasteiger partial charge >= 0.3 is 0 Å². The number of benzene rings is 4. The Hall–Kier alpha value is -5.20. The van der Waals surface area contributed by atoms with E-state index in [0.717, 1.165) is 40.7 Å². The molecule has 6 rings (SSSR count). The molecule has 0 radical (unpaired) electrons. The largest absolute Gasteiger partial charge is 0.0988 e. The van der Waals surface area contributed by atoms with Crippen molar-refractivity contribution in [2.24, 2.45) is 0 Å². The Bertz CT molecular complexity index is 2000. The van der Waals surface area contributed by atoms with Crippen molar-refractivity contribution >= 4 is 21.9 Å². The van der Waals surface area contributed by atoms with E-state index in [1.54, 1.807) is 0 Å². The molecule has 0 heteroatoms. The summed E-state index contributed by atoms with van der Waals surface area (Å²) in [4.78, 5) is 0. The zero-order valence-electron chi connectivity index (χ0n) is 26.4. The summed E-state index contributed by atoms with van der Waals surface area (Å²) in [5, 5.41) is 2.42. The van der Waals surface area contributed by atoms with Gasteiger partial charge in [0.15, 0.2) is 0 Å². The molecule has 45 heavy (non-hydrogen) atoms. The van der Waals surface area contributed by atoms with Crippen LogP contribution in [0.3, 0.4) is 0 Å². The first-order valence-corrected chi connectivity index (χ1v) is 15.7. The van der Waals surface area contributed by atoms with Gasteiger partial charge in [-0.3, -0.25) is 0 Å². The predicted octanol–water partition coefficient (Wildman–Crippen LogP) is 11.9. The number of fused-ring (bicyclic) bond motifs is 2. The van der Waals surface area contributed by atoms with Gasteiger partial charge in [-0.2, -0.15) is 0 Å². The topological polar surface area (TPSA) is 0 Å². The summed E-state index contributed by atoms with van der Waals surface area (Å²) < 4.78 is 0. The lowest BCUT2D eigenvalue weighted by Crippen LogP contribution is -2.30. The number of allylic oxidation sites excluding steroid dienone is 15. The minimum Gasteiger partial charge on any atom is -0.0988 e. The van der Waals surface area contributed by atoms with Crippen LogP contribution in [0.4, 0.5) is 0 Å². The lowest BCUT2D eigenvalue weighted by atomic mass is 9.65. The summed E-state index contributed by atoms with van der Waals surface area (Å²) in [5.74, 6) is 0. The summed E-state index contributed by atoms with van der Waals surface area (Å²) in [5.41, 5.74) is 13.1. The van der Waals surface area contributed by atoms with Crippen molar-refractivity contribution < 1.29 is 0 Å². The van der Waals surface area contributed by atoms with Crippen LogP contribution < -0.4 is 0 Å². The van der Waals surface area contributed by atoms with Crippen LogP contribution in [0.2, 0.25) is 0 Å². The predicted molar refractivity (Wildman–Crippen MR) is 196 cm³/mol. The zero-order chi connectivity index (χ0) is 31.4. The molecule has 0 bridgehead atoms. The molecule has 0 N–H and O–H groups in total. The van der Waals surface area contributed by atoms with Crippen LogP contribution in [0, 0.1) is 0 Å². The maximum Gasteiger partial charge on any atom is 0.0661 e. The van der Waals surface area contributed by atoms with Gasteiger partial charge in [-0.15, -0.1) is 0 Å². The summed E-state index contributed by atoms with van der Waals surface area (Å²) in [6.45, 7) is 16.9. The average molecular weight is 581 g/mol. The molecule has 0 aliphatic heterocycles. The second-order valence-corrected chi connectivity index (χ2v) is 11.9. The minimum absolute atomic E-state index is 0.354. The quantitative estimate of drug-likeness (QED) is 0.144. The van der Waals surface area contributed by atoms with Crippen LogP contribution in [0.25, 0.3) is 21.9 Å². The molecule has 0 saturated heterocycles. The Morgan fingerprint density at radius 1 is 0.844 bits per heavy atom. The molecule has 0 saturated carbocycles. The maximum atomic E-state index is 4.69. The Labute approximate surface area is 268 Å². The molecule has 2 aliphatic carbocycles. The molecule has 0 amide bonds. The highest BCUT2D eigenvalue weighted by molar-refractivity contribution is 5.91. The molecule has 1 unspecified atom stereocenters. The van der Waals surface area contributed by atoms with Crippen molar-refractivity contribution in [3.63, 3.8) is 0 Å². The third kappa shape index (κ3) is 5.73. The van der Waals surface area contributed by atoms with Crippen LogP contribution in [-0.2, 0) is 11.8 Å². The summed E-state index contributed by atoms with van der Waals surface area (Å²) in [6.07, 6.45) is 21.1. The molecule has 2 aliphatic rings. The van der Waals surface area contributed by atoms with E-state index >= 15 is 0 Å². The van der Waals surface area contributed by atoms with E-state index in [9.17, 15) is 0 Å². The Kier molecular flexibility index (Phi) is 8.49. The van der Waals surface area contributed by atoms with Gasteiger partial charge in [0.05, 0.1) is 5.41 Å². The molecular weight excluding hydrogens is 540 g/mol. The maximum absolute atomic E-state index is 4.69. The van der Waals surface area contributed by atoms with Crippen molar-refractivity contribution in [3.05, 3.63) is 216 Å². The van der Waals surface area contributed by atoms with Gasteiger partial charge in [0.1, 0.15) is 0 Å². The van der Waals surface area contributed by atoms with Crippen molar-refractivity contribution in [1.29, 1.82) is 0 Å². The highest BCUT2D eigenvalue weighted by Crippen LogP contribution is 2.53. The third-order valence-corrected chi connectivity index (χ3v) is 9.16. The van der Waals surface area contributed by atoms with Gasteiger partial charge in [-0.05, 0) is 111 Å². The standard InChI is InChI=1S/C45H40/c1-6-15-36(32(4)7-2)28-34(8-3)38-24-22-35-23-25-39(31-41(35)30-38)37-18-14-16-33(5)45(43-26-27-43,42-19-10-9-11-20-42)44-21-13-12-17-40(44)29-37/h6-26,28,30-31H,2-3,5,27,29H2,1,4H3/b15-6-,16-14-,34-28+,36-32+,37-18+. The molecule has 4 aromatic rings. The number of hydrogen-bond acceptors (Lipinski definition) is 0. The monoisotopic (exact) mass is 580 g/mol. The van der Waals surface area contributed by atoms with Crippen molar-refractivity contribution in [1.82, 2.24) is 0 Å². The molecule has 0 spiro atoms. The average Bonchev–Trinajstić information content (AvgIpc) is 3.92. The summed E-state index contributed by atoms with van der Waals surface area (Å²) >= 11 is 0. The first-order chi connectivity index (χ1) is 22.0. The van der Waals surface area contributed by atoms with E-state index in [2.05, 4.69) is 160 Å². The van der Waals surface area contributed by atoms with Crippen molar-refractivity contribution in [2.75, 3.05) is 0 Å². The molecule has 1 atom stereocenters. The van der Waals surface area contributed by atoms with Crippen LogP contribution in [0.1, 0.15) is 48.1 Å². The van der Waals surface area contributed by atoms with E-state index in [1.165, 1.54) is 44.2 Å². The molecule has 0 nitrogen and oxygen atoms in total. The summed E-state index contributed by atoms with van der Waals surface area (Å²) in [6, 6.07) is 33.3. The Balaban J connectivity index is 1.44. The fourth-order valence-electron chi connectivity index (χ4n) is 6.68. The summed E-state index contributed by atoms with van der Waals surface area (Å²) in [7, 11) is 0. The first kappa shape index (κ1) is 29.9. The molecule has 0 heterocycles. The van der Waals surface area contributed by atoms with Crippen molar-refractivity contribution in [2.45, 2.75) is 32.1 Å². The first-order valence-electron chi connectivity index (χ1n) is 15.7. The van der Waals surface area contributed by atoms with Gasteiger partial charge < -0.3 is 0 Å². The van der Waals surface area contributed by atoms with Gasteiger partial charge in [0, 0.05) is 0 Å². The lowest BCUT2D eigenvalue weighted by molar-refractivity contribution is 0.738. The smallest absolute Gasteiger partial charge is 0.0661 e. The van der Waals surface area contributed by atoms with E-state index in [4.69, 9.17) is 0 Å². The molecule has 4 aromatic carbocycles. The fraction of sp³-hybridized carbons (Fsp3) is 0.111. The highest BCUT2D eigenvalue weighted by atomic mass is 14.5. The van der Waals surface area contributed by atoms with Gasteiger partial charge in [-0.1, -0.05) is 153 Å².